The lowest BCUT2D eigenvalue weighted by atomic mass is 10.2. The summed E-state index contributed by atoms with van der Waals surface area (Å²) < 4.78 is 31.6. The minimum absolute atomic E-state index is 0. The van der Waals surface area contributed by atoms with Crippen molar-refractivity contribution in [3.8, 4) is 5.75 Å². The Bertz CT molecular complexity index is 753. The van der Waals surface area contributed by atoms with Crippen molar-refractivity contribution in [2.45, 2.75) is 46.4 Å². The van der Waals surface area contributed by atoms with Crippen LogP contribution in [0.2, 0.25) is 0 Å². The summed E-state index contributed by atoms with van der Waals surface area (Å²) in [6.07, 6.45) is 2.04. The van der Waals surface area contributed by atoms with Crippen LogP contribution in [-0.2, 0) is 20.1 Å². The lowest BCUT2D eigenvalue weighted by Crippen LogP contribution is -2.38. The van der Waals surface area contributed by atoms with E-state index < -0.39 is 6.61 Å². The van der Waals surface area contributed by atoms with Crippen LogP contribution in [0.1, 0.15) is 37.0 Å². The predicted molar refractivity (Wildman–Crippen MR) is 115 cm³/mol. The predicted octanol–water partition coefficient (Wildman–Crippen LogP) is 3.38. The number of guanidine groups is 1. The molecule has 0 aliphatic rings. The molecule has 1 aromatic carbocycles. The summed E-state index contributed by atoms with van der Waals surface area (Å²) in [6, 6.07) is 6.65. The number of aliphatic imine (C=N–C) groups is 1. The van der Waals surface area contributed by atoms with Crippen molar-refractivity contribution in [2.24, 2.45) is 12.0 Å². The maximum absolute atomic E-state index is 12.6. The van der Waals surface area contributed by atoms with Gasteiger partial charge in [-0.1, -0.05) is 31.5 Å². The van der Waals surface area contributed by atoms with E-state index >= 15 is 0 Å². The molecular formula is C18H27F2IN6O. The van der Waals surface area contributed by atoms with E-state index in [1.54, 1.807) is 18.2 Å². The number of unbranched alkanes of at least 4 members (excludes halogenated alkanes) is 1. The van der Waals surface area contributed by atoms with Crippen molar-refractivity contribution < 1.29 is 13.5 Å². The van der Waals surface area contributed by atoms with Crippen LogP contribution in [0.5, 0.6) is 5.75 Å². The van der Waals surface area contributed by atoms with Gasteiger partial charge >= 0.3 is 6.61 Å². The highest BCUT2D eigenvalue weighted by atomic mass is 127. The van der Waals surface area contributed by atoms with E-state index in [-0.39, 0.29) is 36.3 Å². The Morgan fingerprint density at radius 2 is 2.00 bits per heavy atom. The molecule has 0 aliphatic carbocycles. The number of aromatic nitrogens is 3. The monoisotopic (exact) mass is 508 g/mol. The summed E-state index contributed by atoms with van der Waals surface area (Å²) in [4.78, 5) is 4.50. The molecule has 0 saturated heterocycles. The van der Waals surface area contributed by atoms with Crippen LogP contribution in [0.15, 0.2) is 29.3 Å². The molecule has 0 bridgehead atoms. The second-order valence-electron chi connectivity index (χ2n) is 6.01. The minimum Gasteiger partial charge on any atom is -0.434 e. The SMILES string of the molecule is CCCCNC(=NCc1ccccc1OC(F)F)NCc1nnc(C)n1C.I. The smallest absolute Gasteiger partial charge is 0.387 e. The van der Waals surface area contributed by atoms with Crippen molar-refractivity contribution in [2.75, 3.05) is 6.54 Å². The summed E-state index contributed by atoms with van der Waals surface area (Å²) >= 11 is 0. The van der Waals surface area contributed by atoms with Gasteiger partial charge in [0.25, 0.3) is 0 Å². The van der Waals surface area contributed by atoms with Crippen LogP contribution in [0.4, 0.5) is 8.78 Å². The molecule has 2 aromatic rings. The molecule has 0 atom stereocenters. The second-order valence-corrected chi connectivity index (χ2v) is 6.01. The van der Waals surface area contributed by atoms with Crippen LogP contribution in [0.25, 0.3) is 0 Å². The number of hydrogen-bond donors (Lipinski definition) is 2. The van der Waals surface area contributed by atoms with E-state index in [2.05, 4.69) is 37.5 Å². The molecule has 0 amide bonds. The summed E-state index contributed by atoms with van der Waals surface area (Å²) in [5.74, 6) is 2.31. The molecular weight excluding hydrogens is 481 g/mol. The molecule has 0 unspecified atom stereocenters. The lowest BCUT2D eigenvalue weighted by Gasteiger charge is -2.13. The van der Waals surface area contributed by atoms with Crippen molar-refractivity contribution in [1.29, 1.82) is 0 Å². The highest BCUT2D eigenvalue weighted by Crippen LogP contribution is 2.20. The number of nitrogens with one attached hydrogen (secondary N) is 2. The molecule has 1 aromatic heterocycles. The quantitative estimate of drug-likeness (QED) is 0.235. The second kappa shape index (κ2) is 12.5. The van der Waals surface area contributed by atoms with E-state index in [0.29, 0.717) is 18.1 Å². The van der Waals surface area contributed by atoms with Crippen molar-refractivity contribution in [3.63, 3.8) is 0 Å². The highest BCUT2D eigenvalue weighted by molar-refractivity contribution is 14.0. The normalized spacial score (nSPS) is 11.3. The van der Waals surface area contributed by atoms with Gasteiger partial charge in [-0.3, -0.25) is 0 Å². The maximum atomic E-state index is 12.6. The third-order valence-electron chi connectivity index (χ3n) is 4.02. The molecule has 2 N–H and O–H groups in total. The molecule has 7 nitrogen and oxygen atoms in total. The molecule has 0 aliphatic heterocycles. The maximum Gasteiger partial charge on any atom is 0.387 e. The van der Waals surface area contributed by atoms with Gasteiger partial charge in [-0.25, -0.2) is 4.99 Å². The molecule has 0 saturated carbocycles. The van der Waals surface area contributed by atoms with Crippen molar-refractivity contribution in [1.82, 2.24) is 25.4 Å². The molecule has 2 rings (SSSR count). The zero-order chi connectivity index (χ0) is 19.6. The van der Waals surface area contributed by atoms with Crippen LogP contribution in [0.3, 0.4) is 0 Å². The number of nitrogens with zero attached hydrogens (tertiary/aromatic N) is 4. The van der Waals surface area contributed by atoms with Crippen LogP contribution in [-0.4, -0.2) is 33.9 Å². The number of hydrogen-bond acceptors (Lipinski definition) is 4. The fraction of sp³-hybridized carbons (Fsp3) is 0.500. The van der Waals surface area contributed by atoms with Gasteiger partial charge in [0.1, 0.15) is 11.6 Å². The molecule has 156 valence electrons. The van der Waals surface area contributed by atoms with Gasteiger partial charge in [0, 0.05) is 19.2 Å². The molecule has 1 heterocycles. The van der Waals surface area contributed by atoms with E-state index in [1.807, 2.05) is 18.5 Å². The van der Waals surface area contributed by atoms with Crippen molar-refractivity contribution >= 4 is 29.9 Å². The largest absolute Gasteiger partial charge is 0.434 e. The van der Waals surface area contributed by atoms with Crippen LogP contribution in [0, 0.1) is 6.92 Å². The van der Waals surface area contributed by atoms with Crippen LogP contribution < -0.4 is 15.4 Å². The first-order valence-corrected chi connectivity index (χ1v) is 8.91. The average molecular weight is 508 g/mol. The standard InChI is InChI=1S/C18H26F2N6O.HI/c1-4-5-10-21-18(23-12-16-25-24-13(2)26(16)3)22-11-14-8-6-7-9-15(14)27-17(19)20;/h6-9,17H,4-5,10-12H2,1-3H3,(H2,21,22,23);1H. The Morgan fingerprint density at radius 3 is 2.64 bits per heavy atom. The van der Waals surface area contributed by atoms with E-state index in [1.165, 1.54) is 6.07 Å². The third kappa shape index (κ3) is 7.56. The average Bonchev–Trinajstić information content (AvgIpc) is 2.96. The van der Waals surface area contributed by atoms with Gasteiger partial charge < -0.3 is 19.9 Å². The fourth-order valence-corrected chi connectivity index (χ4v) is 2.34. The minimum atomic E-state index is -2.87. The summed E-state index contributed by atoms with van der Waals surface area (Å²) in [5, 5.41) is 14.6. The first-order chi connectivity index (χ1) is 13.0. The molecule has 28 heavy (non-hydrogen) atoms. The number of rotatable bonds is 9. The van der Waals surface area contributed by atoms with Gasteiger partial charge in [0.2, 0.25) is 0 Å². The van der Waals surface area contributed by atoms with E-state index in [0.717, 1.165) is 31.0 Å². The highest BCUT2D eigenvalue weighted by Gasteiger charge is 2.10. The van der Waals surface area contributed by atoms with Gasteiger partial charge in [0.15, 0.2) is 11.8 Å². The van der Waals surface area contributed by atoms with Crippen LogP contribution >= 0.6 is 24.0 Å². The summed E-state index contributed by atoms with van der Waals surface area (Å²) in [5.41, 5.74) is 0.587. The number of benzene rings is 1. The lowest BCUT2D eigenvalue weighted by molar-refractivity contribution is -0.0504. The molecule has 0 radical (unpaired) electrons. The molecule has 0 fully saturated rings. The first-order valence-electron chi connectivity index (χ1n) is 8.91. The topological polar surface area (TPSA) is 76.4 Å². The van der Waals surface area contributed by atoms with Gasteiger partial charge in [-0.2, -0.15) is 8.78 Å². The zero-order valence-electron chi connectivity index (χ0n) is 16.3. The number of halogens is 3. The number of alkyl halides is 2. The van der Waals surface area contributed by atoms with Gasteiger partial charge in [0.05, 0.1) is 13.1 Å². The van der Waals surface area contributed by atoms with E-state index in [4.69, 9.17) is 0 Å². The first kappa shape index (κ1) is 24.1. The Morgan fingerprint density at radius 1 is 1.25 bits per heavy atom. The fourth-order valence-electron chi connectivity index (χ4n) is 2.34. The third-order valence-corrected chi connectivity index (χ3v) is 4.02. The summed E-state index contributed by atoms with van der Waals surface area (Å²) in [7, 11) is 1.89. The molecule has 0 spiro atoms. The Hall–Kier alpha value is -1.98. The Labute approximate surface area is 181 Å². The zero-order valence-corrected chi connectivity index (χ0v) is 18.6. The molecule has 10 heteroatoms. The van der Waals surface area contributed by atoms with E-state index in [9.17, 15) is 8.78 Å². The Kier molecular flexibility index (Phi) is 10.7. The number of para-hydroxylation sites is 1. The Balaban J connectivity index is 0.00000392. The number of aryl methyl sites for hydroxylation is 1. The number of ether oxygens (including phenoxy) is 1. The summed E-state index contributed by atoms with van der Waals surface area (Å²) in [6.45, 7) is 2.54. The van der Waals surface area contributed by atoms with Crippen molar-refractivity contribution in [3.05, 3.63) is 41.5 Å². The van der Waals surface area contributed by atoms with Gasteiger partial charge in [-0.15, -0.1) is 34.2 Å². The van der Waals surface area contributed by atoms with Gasteiger partial charge in [-0.05, 0) is 19.4 Å².